The Balaban J connectivity index is 2.31. The van der Waals surface area contributed by atoms with Crippen LogP contribution in [-0.4, -0.2) is 30.9 Å². The number of esters is 1. The normalized spacial score (nSPS) is 15.0. The Hall–Kier alpha value is -2.10. The molecule has 2 rings (SSSR count). The summed E-state index contributed by atoms with van der Waals surface area (Å²) in [6.07, 6.45) is 2.85. The van der Waals surface area contributed by atoms with Gasteiger partial charge in [-0.05, 0) is 44.9 Å². The van der Waals surface area contributed by atoms with E-state index >= 15 is 0 Å². The summed E-state index contributed by atoms with van der Waals surface area (Å²) in [6.45, 7) is 6.16. The molecular formula is C17H21NO3. The minimum absolute atomic E-state index is 0.378. The summed E-state index contributed by atoms with van der Waals surface area (Å²) >= 11 is 0. The van der Waals surface area contributed by atoms with Gasteiger partial charge < -0.3 is 9.47 Å². The first kappa shape index (κ1) is 15.3. The first-order valence-electron chi connectivity index (χ1n) is 7.03. The molecule has 0 aliphatic carbocycles. The number of hydrogen-bond acceptors (Lipinski definition) is 4. The van der Waals surface area contributed by atoms with Gasteiger partial charge in [0.25, 0.3) is 0 Å². The minimum Gasteiger partial charge on any atom is -0.497 e. The van der Waals surface area contributed by atoms with Crippen LogP contribution in [0, 0.1) is 0 Å². The van der Waals surface area contributed by atoms with Crippen LogP contribution in [0.25, 0.3) is 5.57 Å². The van der Waals surface area contributed by atoms with Gasteiger partial charge >= 0.3 is 5.97 Å². The minimum atomic E-state index is -0.531. The third kappa shape index (κ3) is 3.94. The lowest BCUT2D eigenvalue weighted by atomic mass is 9.97. The lowest BCUT2D eigenvalue weighted by molar-refractivity contribution is -0.145. The van der Waals surface area contributed by atoms with Crippen LogP contribution >= 0.6 is 0 Å². The van der Waals surface area contributed by atoms with Gasteiger partial charge in [0.1, 0.15) is 11.4 Å². The lowest BCUT2D eigenvalue weighted by Gasteiger charge is -2.22. The summed E-state index contributed by atoms with van der Waals surface area (Å²) in [5, 5.41) is 0. The molecular weight excluding hydrogens is 266 g/mol. The van der Waals surface area contributed by atoms with Crippen LogP contribution in [0.2, 0.25) is 0 Å². The zero-order chi connectivity index (χ0) is 15.5. The number of nitrogens with zero attached hydrogens (tertiary/aromatic N) is 1. The fourth-order valence-corrected chi connectivity index (χ4v) is 2.11. The molecule has 1 aromatic rings. The number of benzene rings is 1. The summed E-state index contributed by atoms with van der Waals surface area (Å²) in [5.41, 5.74) is 1.59. The van der Waals surface area contributed by atoms with E-state index in [1.165, 1.54) is 0 Å². The molecule has 0 fully saturated rings. The van der Waals surface area contributed by atoms with E-state index in [0.717, 1.165) is 23.3 Å². The van der Waals surface area contributed by atoms with E-state index in [1.54, 1.807) is 7.11 Å². The van der Waals surface area contributed by atoms with Crippen molar-refractivity contribution in [1.82, 2.24) is 0 Å². The molecule has 112 valence electrons. The molecule has 4 heteroatoms. The van der Waals surface area contributed by atoms with Crippen LogP contribution in [-0.2, 0) is 9.53 Å². The molecule has 21 heavy (non-hydrogen) atoms. The third-order valence-corrected chi connectivity index (χ3v) is 2.98. The van der Waals surface area contributed by atoms with E-state index in [0.29, 0.717) is 12.3 Å². The summed E-state index contributed by atoms with van der Waals surface area (Å²) in [4.78, 5) is 16.7. The average molecular weight is 287 g/mol. The van der Waals surface area contributed by atoms with Crippen molar-refractivity contribution < 1.29 is 14.3 Å². The maximum Gasteiger partial charge on any atom is 0.357 e. The molecule has 0 radical (unpaired) electrons. The quantitative estimate of drug-likeness (QED) is 0.802. The molecule has 1 aliphatic rings. The fraction of sp³-hybridized carbons (Fsp3) is 0.412. The molecule has 0 bridgehead atoms. The molecule has 0 unspecified atom stereocenters. The van der Waals surface area contributed by atoms with Crippen LogP contribution in [0.3, 0.4) is 0 Å². The summed E-state index contributed by atoms with van der Waals surface area (Å²) in [5.74, 6) is 0.374. The van der Waals surface area contributed by atoms with Crippen molar-refractivity contribution in [2.75, 3.05) is 13.7 Å². The Morgan fingerprint density at radius 3 is 2.71 bits per heavy atom. The second-order valence-electron chi connectivity index (χ2n) is 5.87. The van der Waals surface area contributed by atoms with Gasteiger partial charge in [0.2, 0.25) is 0 Å². The lowest BCUT2D eigenvalue weighted by Crippen LogP contribution is -2.30. The number of methoxy groups -OCH3 is 1. The monoisotopic (exact) mass is 287 g/mol. The first-order valence-corrected chi connectivity index (χ1v) is 7.03. The highest BCUT2D eigenvalue weighted by molar-refractivity contribution is 6.54. The molecule has 0 N–H and O–H groups in total. The average Bonchev–Trinajstić information content (AvgIpc) is 2.45. The SMILES string of the molecule is COc1cccc(C2=CCCN=C2C(=O)OC(C)(C)C)c1. The molecule has 0 saturated carbocycles. The van der Waals surface area contributed by atoms with Crippen LogP contribution in [0.5, 0.6) is 5.75 Å². The number of dihydropyridines is 1. The van der Waals surface area contributed by atoms with E-state index in [2.05, 4.69) is 4.99 Å². The Morgan fingerprint density at radius 1 is 1.29 bits per heavy atom. The smallest absolute Gasteiger partial charge is 0.357 e. The van der Waals surface area contributed by atoms with Crippen molar-refractivity contribution >= 4 is 17.3 Å². The van der Waals surface area contributed by atoms with Crippen molar-refractivity contribution in [3.8, 4) is 5.75 Å². The van der Waals surface area contributed by atoms with Gasteiger partial charge in [0.15, 0.2) is 5.71 Å². The molecule has 1 heterocycles. The number of rotatable bonds is 3. The highest BCUT2D eigenvalue weighted by atomic mass is 16.6. The van der Waals surface area contributed by atoms with Crippen molar-refractivity contribution in [3.63, 3.8) is 0 Å². The molecule has 0 aromatic heterocycles. The van der Waals surface area contributed by atoms with E-state index in [-0.39, 0.29) is 5.97 Å². The molecule has 0 saturated heterocycles. The highest BCUT2D eigenvalue weighted by Gasteiger charge is 2.25. The summed E-state index contributed by atoms with van der Waals surface area (Å²) < 4.78 is 10.7. The van der Waals surface area contributed by atoms with E-state index in [1.807, 2.05) is 51.1 Å². The van der Waals surface area contributed by atoms with Crippen molar-refractivity contribution in [1.29, 1.82) is 0 Å². The van der Waals surface area contributed by atoms with Crippen LogP contribution in [0.15, 0.2) is 35.3 Å². The molecule has 4 nitrogen and oxygen atoms in total. The van der Waals surface area contributed by atoms with Crippen molar-refractivity contribution in [3.05, 3.63) is 35.9 Å². The predicted molar refractivity (Wildman–Crippen MR) is 83.7 cm³/mol. The topological polar surface area (TPSA) is 47.9 Å². The third-order valence-electron chi connectivity index (χ3n) is 2.98. The van der Waals surface area contributed by atoms with Crippen LogP contribution < -0.4 is 4.74 Å². The predicted octanol–water partition coefficient (Wildman–Crippen LogP) is 3.27. The summed E-state index contributed by atoms with van der Waals surface area (Å²) in [6, 6.07) is 7.62. The second-order valence-corrected chi connectivity index (χ2v) is 5.87. The number of hydrogen-bond donors (Lipinski definition) is 0. The Morgan fingerprint density at radius 2 is 2.05 bits per heavy atom. The summed E-state index contributed by atoms with van der Waals surface area (Å²) in [7, 11) is 1.62. The van der Waals surface area contributed by atoms with Crippen molar-refractivity contribution in [2.45, 2.75) is 32.8 Å². The van der Waals surface area contributed by atoms with Crippen LogP contribution in [0.4, 0.5) is 0 Å². The highest BCUT2D eigenvalue weighted by Crippen LogP contribution is 2.25. The fourth-order valence-electron chi connectivity index (χ4n) is 2.11. The van der Waals surface area contributed by atoms with Gasteiger partial charge in [-0.15, -0.1) is 0 Å². The van der Waals surface area contributed by atoms with Gasteiger partial charge in [-0.1, -0.05) is 18.2 Å². The number of carbonyl (C=O) groups excluding carboxylic acids is 1. The number of carbonyl (C=O) groups is 1. The largest absolute Gasteiger partial charge is 0.497 e. The van der Waals surface area contributed by atoms with Gasteiger partial charge in [-0.25, -0.2) is 4.79 Å². The molecule has 1 aliphatic heterocycles. The van der Waals surface area contributed by atoms with Gasteiger partial charge in [0, 0.05) is 12.1 Å². The Kier molecular flexibility index (Phi) is 4.46. The van der Waals surface area contributed by atoms with E-state index in [4.69, 9.17) is 9.47 Å². The second kappa shape index (κ2) is 6.12. The van der Waals surface area contributed by atoms with E-state index < -0.39 is 5.60 Å². The number of aliphatic imine (C=N–C) groups is 1. The number of ether oxygens (including phenoxy) is 2. The Labute approximate surface area is 125 Å². The first-order chi connectivity index (χ1) is 9.90. The standard InChI is InChI=1S/C17H21NO3/c1-17(2,3)21-16(19)15-14(9-6-10-18-15)12-7-5-8-13(11-12)20-4/h5,7-9,11H,6,10H2,1-4H3. The molecule has 0 spiro atoms. The molecule has 1 aromatic carbocycles. The maximum atomic E-state index is 12.3. The zero-order valence-electron chi connectivity index (χ0n) is 13.0. The van der Waals surface area contributed by atoms with Gasteiger partial charge in [0.05, 0.1) is 7.11 Å². The molecule has 0 amide bonds. The van der Waals surface area contributed by atoms with E-state index in [9.17, 15) is 4.79 Å². The Bertz CT molecular complexity index is 594. The zero-order valence-corrected chi connectivity index (χ0v) is 13.0. The molecule has 0 atom stereocenters. The van der Waals surface area contributed by atoms with Gasteiger partial charge in [-0.2, -0.15) is 0 Å². The van der Waals surface area contributed by atoms with Gasteiger partial charge in [-0.3, -0.25) is 4.99 Å². The maximum absolute atomic E-state index is 12.3. The van der Waals surface area contributed by atoms with Crippen LogP contribution in [0.1, 0.15) is 32.8 Å². The van der Waals surface area contributed by atoms with Crippen molar-refractivity contribution in [2.24, 2.45) is 4.99 Å².